The van der Waals surface area contributed by atoms with E-state index in [4.69, 9.17) is 11.6 Å². The molecule has 0 aliphatic carbocycles. The van der Waals surface area contributed by atoms with Crippen molar-refractivity contribution in [2.75, 3.05) is 0 Å². The Labute approximate surface area is 110 Å². The minimum absolute atomic E-state index is 0.272. The summed E-state index contributed by atoms with van der Waals surface area (Å²) in [6.45, 7) is 2.04. The van der Waals surface area contributed by atoms with E-state index in [0.29, 0.717) is 0 Å². The van der Waals surface area contributed by atoms with Crippen LogP contribution in [-0.2, 0) is 0 Å². The minimum Gasteiger partial charge on any atom is -0.339 e. The van der Waals surface area contributed by atoms with Crippen molar-refractivity contribution in [1.82, 2.24) is 19.9 Å². The van der Waals surface area contributed by atoms with Crippen LogP contribution in [0.15, 0.2) is 28.6 Å². The predicted octanol–water partition coefficient (Wildman–Crippen LogP) is 3.53. The highest BCUT2D eigenvalue weighted by Crippen LogP contribution is 2.34. The highest BCUT2D eigenvalue weighted by Gasteiger charge is 2.11. The summed E-state index contributed by atoms with van der Waals surface area (Å²) in [6.07, 6.45) is 3.49. The smallest absolute Gasteiger partial charge is 0.224 e. The van der Waals surface area contributed by atoms with Crippen molar-refractivity contribution in [2.24, 2.45) is 0 Å². The van der Waals surface area contributed by atoms with Gasteiger partial charge in [-0.3, -0.25) is 0 Å². The molecule has 0 unspecified atom stereocenters. The van der Waals surface area contributed by atoms with Crippen molar-refractivity contribution in [3.05, 3.63) is 28.6 Å². The maximum absolute atomic E-state index is 5.91. The molecule has 0 amide bonds. The number of aromatic nitrogens is 4. The van der Waals surface area contributed by atoms with E-state index in [1.807, 2.05) is 6.92 Å². The van der Waals surface area contributed by atoms with Crippen LogP contribution in [0.25, 0.3) is 10.2 Å². The summed E-state index contributed by atoms with van der Waals surface area (Å²) in [4.78, 5) is 17.8. The molecule has 0 radical (unpaired) electrons. The fraction of sp³-hybridized carbons (Fsp3) is 0.100. The lowest BCUT2D eigenvalue weighted by molar-refractivity contribution is 1.04. The Morgan fingerprint density at radius 2 is 2.29 bits per heavy atom. The van der Waals surface area contributed by atoms with Crippen LogP contribution in [0.4, 0.5) is 0 Å². The summed E-state index contributed by atoms with van der Waals surface area (Å²) in [5.41, 5.74) is 0. The number of H-pyrrole nitrogens is 1. The quantitative estimate of drug-likeness (QED) is 0.577. The van der Waals surface area contributed by atoms with Crippen molar-refractivity contribution in [3.8, 4) is 0 Å². The van der Waals surface area contributed by atoms with E-state index in [-0.39, 0.29) is 5.28 Å². The number of aryl methyl sites for hydroxylation is 1. The van der Waals surface area contributed by atoms with Crippen LogP contribution in [0.5, 0.6) is 0 Å². The third-order valence-electron chi connectivity index (χ3n) is 2.12. The van der Waals surface area contributed by atoms with E-state index in [2.05, 4.69) is 26.0 Å². The van der Waals surface area contributed by atoms with Crippen LogP contribution in [0.1, 0.15) is 4.88 Å². The third-order valence-corrected chi connectivity index (χ3v) is 4.15. The van der Waals surface area contributed by atoms with E-state index in [9.17, 15) is 0 Å². The Bertz CT molecular complexity index is 662. The molecule has 0 saturated carbocycles. The number of hydrogen-bond acceptors (Lipinski definition) is 5. The number of rotatable bonds is 2. The predicted molar refractivity (Wildman–Crippen MR) is 69.9 cm³/mol. The normalized spacial score (nSPS) is 11.2. The van der Waals surface area contributed by atoms with Crippen LogP contribution in [0.2, 0.25) is 5.28 Å². The number of hydrogen-bond donors (Lipinski definition) is 1. The Kier molecular flexibility index (Phi) is 2.78. The summed E-state index contributed by atoms with van der Waals surface area (Å²) in [5, 5.41) is 2.93. The average Bonchev–Trinajstić information content (AvgIpc) is 2.86. The first-order valence-corrected chi connectivity index (χ1v) is 6.84. The van der Waals surface area contributed by atoms with Gasteiger partial charge >= 0.3 is 0 Å². The van der Waals surface area contributed by atoms with Gasteiger partial charge < -0.3 is 4.98 Å². The fourth-order valence-corrected chi connectivity index (χ4v) is 3.50. The second-order valence-electron chi connectivity index (χ2n) is 3.37. The van der Waals surface area contributed by atoms with E-state index in [1.54, 1.807) is 23.7 Å². The number of nitrogens with one attached hydrogen (secondary N) is 1. The van der Waals surface area contributed by atoms with Crippen molar-refractivity contribution in [2.45, 2.75) is 17.1 Å². The Morgan fingerprint density at radius 3 is 3.06 bits per heavy atom. The van der Waals surface area contributed by atoms with Crippen LogP contribution >= 0.6 is 34.7 Å². The molecule has 0 saturated heterocycles. The number of nitrogens with zero attached hydrogens (tertiary/aromatic N) is 3. The topological polar surface area (TPSA) is 54.5 Å². The van der Waals surface area contributed by atoms with Gasteiger partial charge in [-0.05, 0) is 36.4 Å². The number of imidazole rings is 1. The third kappa shape index (κ3) is 2.15. The van der Waals surface area contributed by atoms with E-state index in [0.717, 1.165) is 20.4 Å². The van der Waals surface area contributed by atoms with Crippen LogP contribution < -0.4 is 0 Å². The van der Waals surface area contributed by atoms with Gasteiger partial charge in [0.25, 0.3) is 0 Å². The fourth-order valence-electron chi connectivity index (χ4n) is 1.47. The molecule has 0 spiro atoms. The molecule has 17 heavy (non-hydrogen) atoms. The molecule has 4 nitrogen and oxygen atoms in total. The molecule has 0 bridgehead atoms. The number of aromatic amines is 1. The van der Waals surface area contributed by atoms with Gasteiger partial charge in [-0.25, -0.2) is 15.0 Å². The van der Waals surface area contributed by atoms with Gasteiger partial charge in [0.05, 0.1) is 0 Å². The van der Waals surface area contributed by atoms with Gasteiger partial charge in [-0.1, -0.05) is 0 Å². The zero-order valence-corrected chi connectivity index (χ0v) is 11.2. The van der Waals surface area contributed by atoms with E-state index < -0.39 is 0 Å². The number of fused-ring (bicyclic) bond motifs is 1. The molecule has 3 aromatic heterocycles. The van der Waals surface area contributed by atoms with Gasteiger partial charge in [0.1, 0.15) is 9.86 Å². The molecule has 1 N–H and O–H groups in total. The van der Waals surface area contributed by atoms with Crippen LogP contribution in [-0.4, -0.2) is 19.9 Å². The Morgan fingerprint density at radius 1 is 1.41 bits per heavy atom. The highest BCUT2D eigenvalue weighted by molar-refractivity contribution is 7.99. The second kappa shape index (κ2) is 4.29. The molecule has 0 aliphatic heterocycles. The molecule has 0 aromatic carbocycles. The van der Waals surface area contributed by atoms with Gasteiger partial charge in [0, 0.05) is 22.7 Å². The monoisotopic (exact) mass is 282 g/mol. The lowest BCUT2D eigenvalue weighted by atomic mass is 10.4. The number of thiophene rings is 1. The molecule has 0 aliphatic rings. The maximum atomic E-state index is 5.91. The summed E-state index contributed by atoms with van der Waals surface area (Å²) in [6, 6.07) is 2.07. The second-order valence-corrected chi connectivity index (χ2v) is 5.92. The molecule has 0 fully saturated rings. The lowest BCUT2D eigenvalue weighted by Crippen LogP contribution is -1.86. The first kappa shape index (κ1) is 11.0. The lowest BCUT2D eigenvalue weighted by Gasteiger charge is -1.99. The highest BCUT2D eigenvalue weighted by atomic mass is 35.5. The molecular weight excluding hydrogens is 276 g/mol. The van der Waals surface area contributed by atoms with Crippen molar-refractivity contribution in [3.63, 3.8) is 0 Å². The molecule has 86 valence electrons. The Hall–Kier alpha value is -1.11. The van der Waals surface area contributed by atoms with Crippen molar-refractivity contribution in [1.29, 1.82) is 0 Å². The summed E-state index contributed by atoms with van der Waals surface area (Å²) < 4.78 is 0. The summed E-state index contributed by atoms with van der Waals surface area (Å²) >= 11 is 8.98. The molecular formula is C10H7ClN4S2. The standard InChI is InChI=1S/C10H7ClN4S2/c1-5-4-6-7(16-5)14-9(11)15-8(6)17-10-12-2-3-13-10/h2-4H,1H3,(H,12,13). The van der Waals surface area contributed by atoms with E-state index in [1.165, 1.54) is 16.6 Å². The van der Waals surface area contributed by atoms with Crippen LogP contribution in [0.3, 0.4) is 0 Å². The average molecular weight is 283 g/mol. The molecule has 0 atom stereocenters. The first-order valence-electron chi connectivity index (χ1n) is 4.83. The van der Waals surface area contributed by atoms with E-state index >= 15 is 0 Å². The van der Waals surface area contributed by atoms with Gasteiger partial charge in [0.15, 0.2) is 5.16 Å². The van der Waals surface area contributed by atoms with Gasteiger partial charge in [0.2, 0.25) is 5.28 Å². The molecule has 3 aromatic rings. The maximum Gasteiger partial charge on any atom is 0.224 e. The zero-order valence-electron chi connectivity index (χ0n) is 8.77. The number of halogens is 1. The molecule has 7 heteroatoms. The van der Waals surface area contributed by atoms with Crippen molar-refractivity contribution >= 4 is 44.9 Å². The largest absolute Gasteiger partial charge is 0.339 e. The first-order chi connectivity index (χ1) is 8.22. The van der Waals surface area contributed by atoms with Crippen molar-refractivity contribution < 1.29 is 0 Å². The zero-order chi connectivity index (χ0) is 11.8. The Balaban J connectivity index is 2.14. The summed E-state index contributed by atoms with van der Waals surface area (Å²) in [7, 11) is 0. The summed E-state index contributed by atoms with van der Waals surface area (Å²) in [5.74, 6) is 0. The SMILES string of the molecule is Cc1cc2c(Sc3ncc[nH]3)nc(Cl)nc2s1. The van der Waals surface area contributed by atoms with Crippen LogP contribution in [0, 0.1) is 6.92 Å². The molecule has 3 heterocycles. The van der Waals surface area contributed by atoms with Gasteiger partial charge in [-0.15, -0.1) is 11.3 Å². The van der Waals surface area contributed by atoms with Gasteiger partial charge in [-0.2, -0.15) is 0 Å². The minimum atomic E-state index is 0.272. The molecule has 3 rings (SSSR count).